The molecule has 17 heavy (non-hydrogen) atoms. The summed E-state index contributed by atoms with van der Waals surface area (Å²) in [5, 5.41) is 7.91. The number of nitrogens with zero attached hydrogens (tertiary/aromatic N) is 3. The van der Waals surface area contributed by atoms with Crippen molar-refractivity contribution in [2.75, 3.05) is 5.73 Å². The SMILES string of the molecule is NC(N)=Nc1ccc(-c2ccc(N)cc2)nn1. The number of rotatable bonds is 2. The van der Waals surface area contributed by atoms with E-state index in [1.165, 1.54) is 0 Å². The molecule has 0 amide bonds. The lowest BCUT2D eigenvalue weighted by molar-refractivity contribution is 1.03. The molecule has 0 aliphatic carbocycles. The van der Waals surface area contributed by atoms with E-state index in [0.717, 1.165) is 11.3 Å². The molecule has 0 aliphatic heterocycles. The first kappa shape index (κ1) is 10.9. The van der Waals surface area contributed by atoms with Crippen LogP contribution in [0.25, 0.3) is 11.3 Å². The summed E-state index contributed by atoms with van der Waals surface area (Å²) in [5.41, 5.74) is 18.5. The van der Waals surface area contributed by atoms with Crippen LogP contribution >= 0.6 is 0 Å². The average Bonchev–Trinajstić information content (AvgIpc) is 2.30. The van der Waals surface area contributed by atoms with Gasteiger partial charge in [0.1, 0.15) is 0 Å². The maximum absolute atomic E-state index is 5.60. The molecule has 6 N–H and O–H groups in total. The van der Waals surface area contributed by atoms with Crippen LogP contribution in [0.2, 0.25) is 0 Å². The third-order valence-electron chi connectivity index (χ3n) is 2.10. The van der Waals surface area contributed by atoms with Crippen LogP contribution in [-0.2, 0) is 0 Å². The van der Waals surface area contributed by atoms with Crippen LogP contribution in [0.5, 0.6) is 0 Å². The highest BCUT2D eigenvalue weighted by atomic mass is 15.2. The smallest absolute Gasteiger partial charge is 0.192 e. The Morgan fingerprint density at radius 2 is 1.65 bits per heavy atom. The van der Waals surface area contributed by atoms with Gasteiger partial charge >= 0.3 is 0 Å². The Kier molecular flexibility index (Phi) is 2.87. The number of aliphatic imine (C=N–C) groups is 1. The van der Waals surface area contributed by atoms with Crippen molar-refractivity contribution in [1.29, 1.82) is 0 Å². The van der Waals surface area contributed by atoms with Gasteiger partial charge in [-0.05, 0) is 24.3 Å². The molecule has 1 heterocycles. The summed E-state index contributed by atoms with van der Waals surface area (Å²) >= 11 is 0. The number of anilines is 1. The van der Waals surface area contributed by atoms with E-state index in [1.807, 2.05) is 12.1 Å². The monoisotopic (exact) mass is 228 g/mol. The predicted molar refractivity (Wildman–Crippen MR) is 67.4 cm³/mol. The van der Waals surface area contributed by atoms with Crippen molar-refractivity contribution in [3.05, 3.63) is 36.4 Å². The number of nitrogen functional groups attached to an aromatic ring is 1. The van der Waals surface area contributed by atoms with Crippen LogP contribution in [0.1, 0.15) is 0 Å². The average molecular weight is 228 g/mol. The van der Waals surface area contributed by atoms with Crippen LogP contribution in [0.4, 0.5) is 11.5 Å². The molecule has 0 fully saturated rings. The topological polar surface area (TPSA) is 116 Å². The summed E-state index contributed by atoms with van der Waals surface area (Å²) < 4.78 is 0. The van der Waals surface area contributed by atoms with Gasteiger partial charge in [-0.2, -0.15) is 4.99 Å². The number of hydrogen-bond donors (Lipinski definition) is 3. The number of aromatic nitrogens is 2. The fourth-order valence-electron chi connectivity index (χ4n) is 1.32. The Balaban J connectivity index is 2.29. The Bertz CT molecular complexity index is 525. The Morgan fingerprint density at radius 3 is 2.18 bits per heavy atom. The minimum absolute atomic E-state index is 0.0421. The van der Waals surface area contributed by atoms with Gasteiger partial charge in [-0.25, -0.2) is 0 Å². The first-order chi connectivity index (χ1) is 8.15. The molecule has 0 unspecified atom stereocenters. The number of nitrogens with two attached hydrogens (primary N) is 3. The molecule has 0 bridgehead atoms. The van der Waals surface area contributed by atoms with Crippen LogP contribution in [0.3, 0.4) is 0 Å². The molecule has 1 aromatic heterocycles. The fraction of sp³-hybridized carbons (Fsp3) is 0. The molecule has 2 aromatic rings. The van der Waals surface area contributed by atoms with Crippen LogP contribution < -0.4 is 17.2 Å². The predicted octanol–water partition coefficient (Wildman–Crippen LogP) is 0.631. The molecule has 2 rings (SSSR count). The van der Waals surface area contributed by atoms with Crippen molar-refractivity contribution in [2.45, 2.75) is 0 Å². The molecule has 0 atom stereocenters. The molecule has 0 spiro atoms. The van der Waals surface area contributed by atoms with Gasteiger partial charge in [-0.15, -0.1) is 10.2 Å². The minimum atomic E-state index is -0.0421. The van der Waals surface area contributed by atoms with E-state index in [9.17, 15) is 0 Å². The second-order valence-electron chi connectivity index (χ2n) is 3.44. The maximum atomic E-state index is 5.60. The highest BCUT2D eigenvalue weighted by Gasteiger charge is 2.00. The second-order valence-corrected chi connectivity index (χ2v) is 3.44. The third kappa shape index (κ3) is 2.69. The second kappa shape index (κ2) is 4.48. The maximum Gasteiger partial charge on any atom is 0.192 e. The molecule has 0 aliphatic rings. The Morgan fingerprint density at radius 1 is 0.941 bits per heavy atom. The van der Waals surface area contributed by atoms with Gasteiger partial charge in [0.15, 0.2) is 11.8 Å². The molecule has 0 radical (unpaired) electrons. The van der Waals surface area contributed by atoms with E-state index in [4.69, 9.17) is 17.2 Å². The zero-order valence-electron chi connectivity index (χ0n) is 9.04. The van der Waals surface area contributed by atoms with Gasteiger partial charge in [-0.1, -0.05) is 12.1 Å². The molecule has 86 valence electrons. The largest absolute Gasteiger partial charge is 0.399 e. The molecule has 0 saturated heterocycles. The van der Waals surface area contributed by atoms with Crippen LogP contribution in [-0.4, -0.2) is 16.2 Å². The van der Waals surface area contributed by atoms with Gasteiger partial charge in [0.05, 0.1) is 5.69 Å². The van der Waals surface area contributed by atoms with Crippen molar-refractivity contribution >= 4 is 17.5 Å². The number of hydrogen-bond acceptors (Lipinski definition) is 4. The van der Waals surface area contributed by atoms with Crippen molar-refractivity contribution in [3.8, 4) is 11.3 Å². The number of benzene rings is 1. The summed E-state index contributed by atoms with van der Waals surface area (Å²) in [6.07, 6.45) is 0. The number of guanidine groups is 1. The third-order valence-corrected chi connectivity index (χ3v) is 2.10. The van der Waals surface area contributed by atoms with Gasteiger partial charge in [-0.3, -0.25) is 0 Å². The lowest BCUT2D eigenvalue weighted by Gasteiger charge is -2.00. The van der Waals surface area contributed by atoms with E-state index in [0.29, 0.717) is 11.5 Å². The van der Waals surface area contributed by atoms with Gasteiger partial charge in [0.25, 0.3) is 0 Å². The van der Waals surface area contributed by atoms with Crippen molar-refractivity contribution in [1.82, 2.24) is 10.2 Å². The highest BCUT2D eigenvalue weighted by molar-refractivity contribution is 5.78. The first-order valence-electron chi connectivity index (χ1n) is 4.94. The minimum Gasteiger partial charge on any atom is -0.399 e. The normalized spacial score (nSPS) is 9.88. The van der Waals surface area contributed by atoms with Crippen LogP contribution in [0.15, 0.2) is 41.4 Å². The van der Waals surface area contributed by atoms with Crippen molar-refractivity contribution in [3.63, 3.8) is 0 Å². The standard InChI is InChI=1S/C11H12N6/c12-8-3-1-7(2-4-8)9-5-6-10(17-16-9)15-11(13)14/h1-6H,12H2,(H4,13,14,15,17). The van der Waals surface area contributed by atoms with Crippen molar-refractivity contribution < 1.29 is 0 Å². The summed E-state index contributed by atoms with van der Waals surface area (Å²) in [5.74, 6) is 0.337. The zero-order chi connectivity index (χ0) is 12.3. The van der Waals surface area contributed by atoms with E-state index in [2.05, 4.69) is 15.2 Å². The van der Waals surface area contributed by atoms with E-state index < -0.39 is 0 Å². The molecule has 6 heteroatoms. The Hall–Kier alpha value is -2.63. The molecule has 6 nitrogen and oxygen atoms in total. The van der Waals surface area contributed by atoms with Crippen molar-refractivity contribution in [2.24, 2.45) is 16.5 Å². The quantitative estimate of drug-likeness (QED) is 0.396. The van der Waals surface area contributed by atoms with Gasteiger partial charge < -0.3 is 17.2 Å². The molecular formula is C11H12N6. The molecule has 0 saturated carbocycles. The summed E-state index contributed by atoms with van der Waals surface area (Å²) in [7, 11) is 0. The first-order valence-corrected chi connectivity index (χ1v) is 4.94. The lowest BCUT2D eigenvalue weighted by Crippen LogP contribution is -2.22. The Labute approximate surface area is 98.2 Å². The fourth-order valence-corrected chi connectivity index (χ4v) is 1.32. The van der Waals surface area contributed by atoms with E-state index in [-0.39, 0.29) is 5.96 Å². The summed E-state index contributed by atoms with van der Waals surface area (Å²) in [4.78, 5) is 3.79. The highest BCUT2D eigenvalue weighted by Crippen LogP contribution is 2.18. The summed E-state index contributed by atoms with van der Waals surface area (Å²) in [6, 6.07) is 10.8. The zero-order valence-corrected chi connectivity index (χ0v) is 9.04. The lowest BCUT2D eigenvalue weighted by atomic mass is 10.1. The van der Waals surface area contributed by atoms with Gasteiger partial charge in [0, 0.05) is 11.3 Å². The summed E-state index contributed by atoms with van der Waals surface area (Å²) in [6.45, 7) is 0. The van der Waals surface area contributed by atoms with E-state index in [1.54, 1.807) is 24.3 Å². The van der Waals surface area contributed by atoms with Crippen LogP contribution in [0, 0.1) is 0 Å². The molecule has 1 aromatic carbocycles. The van der Waals surface area contributed by atoms with E-state index >= 15 is 0 Å². The molecular weight excluding hydrogens is 216 g/mol. The van der Waals surface area contributed by atoms with Gasteiger partial charge in [0.2, 0.25) is 0 Å².